The van der Waals surface area contributed by atoms with Crippen LogP contribution in [0.5, 0.6) is 5.75 Å². The van der Waals surface area contributed by atoms with Crippen LogP contribution in [0.25, 0.3) is 0 Å². The Morgan fingerprint density at radius 3 is 2.52 bits per heavy atom. The molecule has 5 atom stereocenters. The smallest absolute Gasteiger partial charge is 0.406 e. The standard InChI is InChI=1S/C22H25F3N2O4/c1-12-17-14(6-4-8-28)10-16(18-19(17)21(30)26(2)20(18)29)27(12)11-13-5-3-7-15(9-13)31-22(23,24)25/h3,5,7,9-10,12,16-19,28H,4,6,8,11H2,1-2H3. The van der Waals surface area contributed by atoms with Gasteiger partial charge in [-0.15, -0.1) is 13.2 Å². The highest BCUT2D eigenvalue weighted by molar-refractivity contribution is 6.06. The molecule has 5 unspecified atom stereocenters. The molecule has 1 aromatic rings. The molecule has 3 heterocycles. The molecule has 0 spiro atoms. The molecular formula is C22H25F3N2O4. The molecule has 2 amide bonds. The van der Waals surface area contributed by atoms with Crippen LogP contribution in [-0.4, -0.2) is 58.8 Å². The summed E-state index contributed by atoms with van der Waals surface area (Å²) < 4.78 is 41.8. The Morgan fingerprint density at radius 1 is 1.13 bits per heavy atom. The van der Waals surface area contributed by atoms with E-state index in [0.717, 1.165) is 5.57 Å². The van der Waals surface area contributed by atoms with Crippen molar-refractivity contribution in [2.24, 2.45) is 17.8 Å². The van der Waals surface area contributed by atoms with E-state index in [-0.39, 0.29) is 42.2 Å². The van der Waals surface area contributed by atoms with Gasteiger partial charge in [-0.1, -0.05) is 23.8 Å². The van der Waals surface area contributed by atoms with Crippen molar-refractivity contribution < 1.29 is 32.6 Å². The summed E-state index contributed by atoms with van der Waals surface area (Å²) in [6.45, 7) is 2.36. The molecule has 6 nitrogen and oxygen atoms in total. The average Bonchev–Trinajstić information content (AvgIpc) is 2.93. The minimum atomic E-state index is -4.77. The molecule has 168 valence electrons. The van der Waals surface area contributed by atoms with E-state index in [4.69, 9.17) is 0 Å². The van der Waals surface area contributed by atoms with Gasteiger partial charge in [0, 0.05) is 38.2 Å². The Bertz CT molecular complexity index is 916. The summed E-state index contributed by atoms with van der Waals surface area (Å²) in [5, 5.41) is 9.25. The number of benzene rings is 1. The van der Waals surface area contributed by atoms with E-state index in [2.05, 4.69) is 9.64 Å². The fraction of sp³-hybridized carbons (Fsp3) is 0.545. The van der Waals surface area contributed by atoms with Crippen molar-refractivity contribution in [3.63, 3.8) is 0 Å². The molecule has 1 aromatic carbocycles. The van der Waals surface area contributed by atoms with Crippen molar-refractivity contribution in [1.82, 2.24) is 9.80 Å². The second-order valence-corrected chi connectivity index (χ2v) is 8.48. The molecule has 1 N–H and O–H groups in total. The van der Waals surface area contributed by atoms with Crippen LogP contribution in [0.4, 0.5) is 13.2 Å². The van der Waals surface area contributed by atoms with Crippen LogP contribution in [0, 0.1) is 17.8 Å². The highest BCUT2D eigenvalue weighted by atomic mass is 19.4. The zero-order chi connectivity index (χ0) is 22.5. The number of ether oxygens (including phenoxy) is 1. The predicted octanol–water partition coefficient (Wildman–Crippen LogP) is 2.72. The van der Waals surface area contributed by atoms with Crippen LogP contribution in [-0.2, 0) is 16.1 Å². The highest BCUT2D eigenvalue weighted by Crippen LogP contribution is 2.51. The number of carbonyl (C=O) groups is 2. The Balaban J connectivity index is 1.65. The maximum atomic E-state index is 12.8. The number of imide groups is 1. The summed E-state index contributed by atoms with van der Waals surface area (Å²) in [6.07, 6.45) is -1.51. The van der Waals surface area contributed by atoms with Crippen molar-refractivity contribution in [3.05, 3.63) is 41.5 Å². The number of halogens is 3. The van der Waals surface area contributed by atoms with Crippen LogP contribution in [0.1, 0.15) is 25.3 Å². The molecule has 31 heavy (non-hydrogen) atoms. The van der Waals surface area contributed by atoms with Crippen LogP contribution in [0.15, 0.2) is 35.9 Å². The molecule has 2 fully saturated rings. The number of amides is 2. The topological polar surface area (TPSA) is 70.1 Å². The average molecular weight is 438 g/mol. The molecule has 1 aliphatic carbocycles. The second kappa shape index (κ2) is 7.94. The van der Waals surface area contributed by atoms with E-state index in [1.54, 1.807) is 6.07 Å². The molecule has 9 heteroatoms. The SMILES string of the molecule is CC1C2C(CCCO)=CC(C3C(=O)N(C)C(=O)C23)N1Cc1cccc(OC(F)(F)F)c1. The van der Waals surface area contributed by atoms with Crippen molar-refractivity contribution in [3.8, 4) is 5.75 Å². The molecule has 0 radical (unpaired) electrons. The van der Waals surface area contributed by atoms with Gasteiger partial charge in [0.1, 0.15) is 5.75 Å². The number of likely N-dealkylation sites (tertiary alicyclic amines) is 1. The fourth-order valence-electron chi connectivity index (χ4n) is 5.49. The van der Waals surface area contributed by atoms with E-state index in [9.17, 15) is 27.9 Å². The van der Waals surface area contributed by atoms with Gasteiger partial charge in [-0.25, -0.2) is 0 Å². The van der Waals surface area contributed by atoms with Gasteiger partial charge in [0.05, 0.1) is 11.8 Å². The van der Waals surface area contributed by atoms with Crippen LogP contribution >= 0.6 is 0 Å². The highest BCUT2D eigenvalue weighted by Gasteiger charge is 2.61. The molecule has 2 saturated heterocycles. The van der Waals surface area contributed by atoms with Crippen molar-refractivity contribution in [2.45, 2.75) is 44.8 Å². The first-order chi connectivity index (χ1) is 14.6. The molecular weight excluding hydrogens is 413 g/mol. The van der Waals surface area contributed by atoms with Crippen molar-refractivity contribution in [1.29, 1.82) is 0 Å². The van der Waals surface area contributed by atoms with Gasteiger partial charge in [0.2, 0.25) is 11.8 Å². The number of nitrogens with zero attached hydrogens (tertiary/aromatic N) is 2. The van der Waals surface area contributed by atoms with E-state index in [0.29, 0.717) is 24.9 Å². The number of hydrogen-bond acceptors (Lipinski definition) is 5. The lowest BCUT2D eigenvalue weighted by molar-refractivity contribution is -0.274. The van der Waals surface area contributed by atoms with E-state index >= 15 is 0 Å². The third-order valence-corrected chi connectivity index (χ3v) is 6.73. The Kier molecular flexibility index (Phi) is 5.59. The number of rotatable bonds is 6. The molecule has 4 aliphatic rings. The Labute approximate surface area is 178 Å². The largest absolute Gasteiger partial charge is 0.573 e. The number of aliphatic hydroxyl groups is 1. The van der Waals surface area contributed by atoms with Crippen molar-refractivity contribution in [2.75, 3.05) is 13.7 Å². The lowest BCUT2D eigenvalue weighted by Gasteiger charge is -2.54. The van der Waals surface area contributed by atoms with Crippen molar-refractivity contribution >= 4 is 11.8 Å². The van der Waals surface area contributed by atoms with Gasteiger partial charge in [0.25, 0.3) is 0 Å². The maximum Gasteiger partial charge on any atom is 0.573 e. The number of carbonyl (C=O) groups excluding carboxylic acids is 2. The quantitative estimate of drug-likeness (QED) is 0.546. The normalized spacial score (nSPS) is 30.6. The molecule has 0 aromatic heterocycles. The zero-order valence-electron chi connectivity index (χ0n) is 17.3. The maximum absolute atomic E-state index is 12.8. The lowest BCUT2D eigenvalue weighted by atomic mass is 9.62. The van der Waals surface area contributed by atoms with Gasteiger partial charge in [-0.3, -0.25) is 19.4 Å². The third kappa shape index (κ3) is 3.85. The minimum absolute atomic E-state index is 0.0414. The number of alkyl halides is 3. The number of hydrogen-bond donors (Lipinski definition) is 1. The monoisotopic (exact) mass is 438 g/mol. The van der Waals surface area contributed by atoms with Gasteiger partial charge in [0.15, 0.2) is 0 Å². The number of fused-ring (bicyclic) bond motifs is 1. The summed E-state index contributed by atoms with van der Waals surface area (Å²) in [5.41, 5.74) is 1.71. The van der Waals surface area contributed by atoms with Gasteiger partial charge in [-0.05, 0) is 37.5 Å². The van der Waals surface area contributed by atoms with Crippen LogP contribution < -0.4 is 4.74 Å². The fourth-order valence-corrected chi connectivity index (χ4v) is 5.49. The third-order valence-electron chi connectivity index (χ3n) is 6.73. The van der Waals surface area contributed by atoms with Gasteiger partial charge < -0.3 is 9.84 Å². The van der Waals surface area contributed by atoms with Crippen LogP contribution in [0.2, 0.25) is 0 Å². The number of aliphatic hydroxyl groups excluding tert-OH is 1. The molecule has 5 rings (SSSR count). The number of piperidine rings is 1. The summed E-state index contributed by atoms with van der Waals surface area (Å²) in [5.74, 6) is -1.76. The van der Waals surface area contributed by atoms with E-state index < -0.39 is 18.2 Å². The molecule has 3 aliphatic heterocycles. The predicted molar refractivity (Wildman–Crippen MR) is 105 cm³/mol. The Morgan fingerprint density at radius 2 is 1.84 bits per heavy atom. The summed E-state index contributed by atoms with van der Waals surface area (Å²) in [4.78, 5) is 29.0. The minimum Gasteiger partial charge on any atom is -0.406 e. The first-order valence-electron chi connectivity index (χ1n) is 10.4. The van der Waals surface area contributed by atoms with E-state index in [1.807, 2.05) is 13.0 Å². The summed E-state index contributed by atoms with van der Waals surface area (Å²) in [7, 11) is 1.50. The Hall–Kier alpha value is -2.39. The summed E-state index contributed by atoms with van der Waals surface area (Å²) in [6, 6.07) is 5.42. The van der Waals surface area contributed by atoms with E-state index in [1.165, 1.54) is 30.1 Å². The lowest BCUT2D eigenvalue weighted by Crippen LogP contribution is -2.61. The van der Waals surface area contributed by atoms with Gasteiger partial charge in [-0.2, -0.15) is 0 Å². The van der Waals surface area contributed by atoms with Crippen LogP contribution in [0.3, 0.4) is 0 Å². The summed E-state index contributed by atoms with van der Waals surface area (Å²) >= 11 is 0. The first-order valence-corrected chi connectivity index (χ1v) is 10.4. The zero-order valence-corrected chi connectivity index (χ0v) is 17.3. The second-order valence-electron chi connectivity index (χ2n) is 8.48. The van der Waals surface area contributed by atoms with Gasteiger partial charge >= 0.3 is 6.36 Å². The molecule has 2 bridgehead atoms. The molecule has 0 saturated carbocycles. The first kappa shape index (κ1) is 21.8.